The van der Waals surface area contributed by atoms with Crippen molar-refractivity contribution in [1.82, 2.24) is 4.90 Å². The molecule has 1 saturated heterocycles. The molecule has 2 aromatic carbocycles. The first-order valence-electron chi connectivity index (χ1n) is 12.6. The molecule has 2 aliphatic rings. The number of amides is 1. The van der Waals surface area contributed by atoms with E-state index in [9.17, 15) is 18.3 Å². The Morgan fingerprint density at radius 1 is 1.06 bits per heavy atom. The molecule has 0 aromatic heterocycles. The third kappa shape index (κ3) is 5.89. The average molecular weight is 499 g/mol. The van der Waals surface area contributed by atoms with E-state index in [4.69, 9.17) is 0 Å². The number of sulfone groups is 1. The van der Waals surface area contributed by atoms with Crippen molar-refractivity contribution in [3.8, 4) is 0 Å². The summed E-state index contributed by atoms with van der Waals surface area (Å²) >= 11 is 0. The minimum Gasteiger partial charge on any atom is -0.396 e. The van der Waals surface area contributed by atoms with E-state index < -0.39 is 9.84 Å². The number of nitrogens with zero attached hydrogens (tertiary/aromatic N) is 2. The molecule has 35 heavy (non-hydrogen) atoms. The summed E-state index contributed by atoms with van der Waals surface area (Å²) < 4.78 is 24.9. The predicted octanol–water partition coefficient (Wildman–Crippen LogP) is 4.23. The van der Waals surface area contributed by atoms with Crippen molar-refractivity contribution in [3.63, 3.8) is 0 Å². The number of anilines is 1. The van der Waals surface area contributed by atoms with Crippen molar-refractivity contribution in [2.75, 3.05) is 37.4 Å². The maximum absolute atomic E-state index is 13.7. The van der Waals surface area contributed by atoms with E-state index in [1.807, 2.05) is 24.3 Å². The first-order valence-corrected chi connectivity index (χ1v) is 14.5. The highest BCUT2D eigenvalue weighted by molar-refractivity contribution is 7.90. The van der Waals surface area contributed by atoms with Gasteiger partial charge in [-0.05, 0) is 60.8 Å². The number of piperazine rings is 1. The van der Waals surface area contributed by atoms with Crippen LogP contribution in [0.25, 0.3) is 0 Å². The van der Waals surface area contributed by atoms with Crippen LogP contribution in [0, 0.1) is 11.3 Å². The van der Waals surface area contributed by atoms with Gasteiger partial charge in [-0.3, -0.25) is 4.79 Å². The van der Waals surface area contributed by atoms with Crippen LogP contribution in [0.2, 0.25) is 0 Å². The molecule has 1 saturated carbocycles. The highest BCUT2D eigenvalue weighted by atomic mass is 32.2. The van der Waals surface area contributed by atoms with Crippen LogP contribution in [0.15, 0.2) is 53.4 Å². The number of hydrogen-bond acceptors (Lipinski definition) is 5. The van der Waals surface area contributed by atoms with Crippen LogP contribution in [0.5, 0.6) is 0 Å². The van der Waals surface area contributed by atoms with Crippen LogP contribution in [-0.2, 0) is 21.1 Å². The highest BCUT2D eigenvalue weighted by Crippen LogP contribution is 2.40. The zero-order valence-corrected chi connectivity index (χ0v) is 21.9. The van der Waals surface area contributed by atoms with Crippen molar-refractivity contribution >= 4 is 21.4 Å². The van der Waals surface area contributed by atoms with Gasteiger partial charge in [0, 0.05) is 44.1 Å². The number of aliphatic hydroxyl groups is 1. The molecule has 0 spiro atoms. The van der Waals surface area contributed by atoms with Gasteiger partial charge in [0.25, 0.3) is 0 Å². The standard InChI is InChI=1S/C28H38N2O4S/c1-28(2)14-11-23(12-15-28)27(32)30-17-16-29(20-25(30)21-7-5-4-6-8-21)24-10-9-22(13-18-31)26(19-24)35(3,33)34/h4-10,19,23,25,31H,11-18,20H2,1-3H3/t25-/m1/s1. The molecule has 4 rings (SSSR count). The lowest BCUT2D eigenvalue weighted by Gasteiger charge is -2.45. The smallest absolute Gasteiger partial charge is 0.226 e. The summed E-state index contributed by atoms with van der Waals surface area (Å²) in [5.41, 5.74) is 2.88. The fraction of sp³-hybridized carbons (Fsp3) is 0.536. The van der Waals surface area contributed by atoms with Crippen LogP contribution in [0.4, 0.5) is 5.69 Å². The van der Waals surface area contributed by atoms with Gasteiger partial charge in [-0.25, -0.2) is 8.42 Å². The number of aliphatic hydroxyl groups excluding tert-OH is 1. The monoisotopic (exact) mass is 498 g/mol. The fourth-order valence-electron chi connectivity index (χ4n) is 5.53. The Kier molecular flexibility index (Phi) is 7.57. The summed E-state index contributed by atoms with van der Waals surface area (Å²) in [6.07, 6.45) is 5.55. The molecule has 0 radical (unpaired) electrons. The van der Waals surface area contributed by atoms with E-state index >= 15 is 0 Å². The fourth-order valence-corrected chi connectivity index (χ4v) is 6.52. The lowest BCUT2D eigenvalue weighted by molar-refractivity contribution is -0.140. The molecule has 1 heterocycles. The van der Waals surface area contributed by atoms with Gasteiger partial charge in [0.1, 0.15) is 0 Å². The van der Waals surface area contributed by atoms with Crippen LogP contribution < -0.4 is 4.90 Å². The number of rotatable bonds is 6. The second kappa shape index (κ2) is 10.3. The van der Waals surface area contributed by atoms with Crippen molar-refractivity contribution in [2.45, 2.75) is 56.9 Å². The zero-order valence-electron chi connectivity index (χ0n) is 21.1. The third-order valence-corrected chi connectivity index (χ3v) is 8.91. The summed E-state index contributed by atoms with van der Waals surface area (Å²) in [4.78, 5) is 18.2. The predicted molar refractivity (Wildman–Crippen MR) is 139 cm³/mol. The van der Waals surface area contributed by atoms with Gasteiger partial charge in [0.2, 0.25) is 5.91 Å². The minimum atomic E-state index is -3.43. The normalized spacial score (nSPS) is 21.2. The van der Waals surface area contributed by atoms with E-state index in [1.54, 1.807) is 12.1 Å². The lowest BCUT2D eigenvalue weighted by atomic mass is 9.72. The van der Waals surface area contributed by atoms with Crippen molar-refractivity contribution < 1.29 is 18.3 Å². The van der Waals surface area contributed by atoms with Gasteiger partial charge in [-0.2, -0.15) is 0 Å². The second-order valence-electron chi connectivity index (χ2n) is 10.9. The Labute approximate surface area is 209 Å². The zero-order chi connectivity index (χ0) is 25.2. The summed E-state index contributed by atoms with van der Waals surface area (Å²) in [7, 11) is -3.43. The van der Waals surface area contributed by atoms with Gasteiger partial charge in [0.15, 0.2) is 9.84 Å². The molecule has 2 aromatic rings. The van der Waals surface area contributed by atoms with Gasteiger partial charge >= 0.3 is 0 Å². The first-order chi connectivity index (χ1) is 16.6. The van der Waals surface area contributed by atoms with E-state index in [0.29, 0.717) is 37.0 Å². The maximum atomic E-state index is 13.7. The summed E-state index contributed by atoms with van der Waals surface area (Å²) in [5.74, 6) is 0.333. The van der Waals surface area contributed by atoms with Gasteiger partial charge in [0.05, 0.1) is 10.9 Å². The minimum absolute atomic E-state index is 0.0791. The molecule has 1 amide bonds. The Hall–Kier alpha value is -2.38. The molecule has 6 nitrogen and oxygen atoms in total. The Morgan fingerprint density at radius 2 is 1.74 bits per heavy atom. The van der Waals surface area contributed by atoms with Crippen LogP contribution in [0.1, 0.15) is 56.7 Å². The SMILES string of the molecule is CC1(C)CCC(C(=O)N2CCN(c3ccc(CCO)c(S(C)(=O)=O)c3)C[C@@H]2c2ccccc2)CC1. The topological polar surface area (TPSA) is 77.9 Å². The molecule has 0 unspecified atom stereocenters. The molecule has 190 valence electrons. The lowest BCUT2D eigenvalue weighted by Crippen LogP contribution is -2.52. The van der Waals surface area contributed by atoms with Gasteiger partial charge in [-0.15, -0.1) is 0 Å². The van der Waals surface area contributed by atoms with E-state index in [0.717, 1.165) is 36.9 Å². The summed E-state index contributed by atoms with van der Waals surface area (Å²) in [6, 6.07) is 15.5. The molecular formula is C28H38N2O4S. The van der Waals surface area contributed by atoms with Gasteiger partial charge < -0.3 is 14.9 Å². The van der Waals surface area contributed by atoms with E-state index in [1.165, 1.54) is 6.26 Å². The largest absolute Gasteiger partial charge is 0.396 e. The molecular weight excluding hydrogens is 460 g/mol. The number of carbonyl (C=O) groups excluding carboxylic acids is 1. The Balaban J connectivity index is 1.61. The van der Waals surface area contributed by atoms with E-state index in [-0.39, 0.29) is 29.4 Å². The maximum Gasteiger partial charge on any atom is 0.226 e. The first kappa shape index (κ1) is 25.7. The summed E-state index contributed by atoms with van der Waals surface area (Å²) in [6.45, 7) is 6.33. The highest BCUT2D eigenvalue weighted by Gasteiger charge is 2.38. The van der Waals surface area contributed by atoms with E-state index in [2.05, 4.69) is 35.8 Å². The molecule has 1 atom stereocenters. The average Bonchev–Trinajstić information content (AvgIpc) is 2.83. The third-order valence-electron chi connectivity index (χ3n) is 7.73. The number of hydrogen-bond donors (Lipinski definition) is 1. The van der Waals surface area contributed by atoms with Crippen LogP contribution >= 0.6 is 0 Å². The molecule has 1 aliphatic carbocycles. The second-order valence-corrected chi connectivity index (χ2v) is 12.9. The molecule has 1 aliphatic heterocycles. The van der Waals surface area contributed by atoms with Crippen LogP contribution in [0.3, 0.4) is 0 Å². The quantitative estimate of drug-likeness (QED) is 0.645. The van der Waals surface area contributed by atoms with Gasteiger partial charge in [-0.1, -0.05) is 50.2 Å². The molecule has 7 heteroatoms. The van der Waals surface area contributed by atoms with Crippen molar-refractivity contribution in [2.24, 2.45) is 11.3 Å². The number of carbonyl (C=O) groups is 1. The molecule has 1 N–H and O–H groups in total. The number of benzene rings is 2. The van der Waals surface area contributed by atoms with Crippen molar-refractivity contribution in [3.05, 3.63) is 59.7 Å². The Morgan fingerprint density at radius 3 is 2.37 bits per heavy atom. The summed E-state index contributed by atoms with van der Waals surface area (Å²) in [5, 5.41) is 9.36. The van der Waals surface area contributed by atoms with Crippen molar-refractivity contribution in [1.29, 1.82) is 0 Å². The molecule has 2 fully saturated rings. The molecule has 0 bridgehead atoms. The van der Waals surface area contributed by atoms with Crippen LogP contribution in [-0.4, -0.2) is 56.8 Å². The Bertz CT molecular complexity index is 1140.